The van der Waals surface area contributed by atoms with Crippen LogP contribution in [0.2, 0.25) is 0 Å². The topological polar surface area (TPSA) is 91.6 Å². The second-order valence-electron chi connectivity index (χ2n) is 13.5. The van der Waals surface area contributed by atoms with E-state index in [1.165, 1.54) is 0 Å². The summed E-state index contributed by atoms with van der Waals surface area (Å²) in [6.45, 7) is 10.2. The van der Waals surface area contributed by atoms with Crippen molar-refractivity contribution in [3.63, 3.8) is 0 Å². The van der Waals surface area contributed by atoms with Gasteiger partial charge in [0.2, 0.25) is 0 Å². The molecule has 10 heteroatoms. The van der Waals surface area contributed by atoms with E-state index in [1.807, 2.05) is 121 Å². The molecule has 0 radical (unpaired) electrons. The Labute approximate surface area is 316 Å². The molecule has 1 fully saturated rings. The van der Waals surface area contributed by atoms with Gasteiger partial charge in [-0.1, -0.05) is 121 Å². The standard InChI is InChI=1S/C43H53N2O7P/c1-33(2)45(34(3)4)53(50-27-17-26-44)52-43-42(49-31-38-24-15-8-16-25-38)41(48-30-37-22-13-7-14-23-37)40(47-29-36-20-11-6-12-21-36)39(51-43)32-46-28-35-18-9-5-10-19-35/h5-16,18-25,33-34,39-43H,17,27-32H2,1-4H3/t39-,40-,41+,42-,43-,53?/m1/s1. The van der Waals surface area contributed by atoms with E-state index in [0.29, 0.717) is 26.4 Å². The van der Waals surface area contributed by atoms with Gasteiger partial charge in [0.15, 0.2) is 6.29 Å². The lowest BCUT2D eigenvalue weighted by atomic mass is 9.98. The molecule has 53 heavy (non-hydrogen) atoms. The highest BCUT2D eigenvalue weighted by atomic mass is 31.2. The molecule has 0 bridgehead atoms. The van der Waals surface area contributed by atoms with Gasteiger partial charge in [0.05, 0.1) is 52.1 Å². The average molecular weight is 741 g/mol. The molecule has 0 aliphatic carbocycles. The van der Waals surface area contributed by atoms with Crippen LogP contribution >= 0.6 is 8.53 Å². The molecule has 5 rings (SSSR count). The summed E-state index contributed by atoms with van der Waals surface area (Å²) in [7, 11) is -1.69. The summed E-state index contributed by atoms with van der Waals surface area (Å²) in [5.74, 6) is 0. The lowest BCUT2D eigenvalue weighted by Crippen LogP contribution is -2.61. The van der Waals surface area contributed by atoms with Crippen molar-refractivity contribution in [3.05, 3.63) is 144 Å². The molecule has 1 saturated heterocycles. The van der Waals surface area contributed by atoms with Crippen LogP contribution in [0.25, 0.3) is 0 Å². The van der Waals surface area contributed by atoms with Crippen molar-refractivity contribution in [2.24, 2.45) is 0 Å². The monoisotopic (exact) mass is 740 g/mol. The van der Waals surface area contributed by atoms with Gasteiger partial charge in [-0.15, -0.1) is 0 Å². The van der Waals surface area contributed by atoms with Gasteiger partial charge in [-0.2, -0.15) is 5.26 Å². The van der Waals surface area contributed by atoms with Gasteiger partial charge in [0.25, 0.3) is 8.53 Å². The Bertz CT molecular complexity index is 1600. The maximum atomic E-state index is 9.36. The van der Waals surface area contributed by atoms with Gasteiger partial charge in [0.1, 0.15) is 24.4 Å². The smallest absolute Gasteiger partial charge is 0.261 e. The highest BCUT2D eigenvalue weighted by Crippen LogP contribution is 2.49. The highest BCUT2D eigenvalue weighted by Gasteiger charge is 2.50. The minimum atomic E-state index is -1.69. The van der Waals surface area contributed by atoms with Crippen LogP contribution in [0.1, 0.15) is 56.4 Å². The predicted molar refractivity (Wildman–Crippen MR) is 206 cm³/mol. The molecule has 0 aromatic heterocycles. The number of ether oxygens (including phenoxy) is 5. The van der Waals surface area contributed by atoms with E-state index in [0.717, 1.165) is 22.3 Å². The maximum absolute atomic E-state index is 9.36. The molecule has 4 aromatic carbocycles. The van der Waals surface area contributed by atoms with Crippen molar-refractivity contribution in [2.45, 2.75) is 103 Å². The summed E-state index contributed by atoms with van der Waals surface area (Å²) < 4.78 is 49.2. The number of hydrogen-bond donors (Lipinski definition) is 0. The van der Waals surface area contributed by atoms with Crippen molar-refractivity contribution in [1.82, 2.24) is 4.67 Å². The minimum Gasteiger partial charge on any atom is -0.374 e. The lowest BCUT2D eigenvalue weighted by molar-refractivity contribution is -0.311. The summed E-state index contributed by atoms with van der Waals surface area (Å²) in [6.07, 6.45) is -3.22. The van der Waals surface area contributed by atoms with Crippen LogP contribution in [-0.4, -0.2) is 60.7 Å². The molecule has 1 aliphatic heterocycles. The summed E-state index contributed by atoms with van der Waals surface area (Å²) in [5, 5.41) is 9.36. The third kappa shape index (κ3) is 12.8. The Balaban J connectivity index is 1.52. The Hall–Kier alpha value is -3.52. The summed E-state index contributed by atoms with van der Waals surface area (Å²) in [6, 6.07) is 42.6. The highest BCUT2D eigenvalue weighted by molar-refractivity contribution is 7.44. The van der Waals surface area contributed by atoms with Gasteiger partial charge in [-0.3, -0.25) is 4.52 Å². The van der Waals surface area contributed by atoms with E-state index in [4.69, 9.17) is 32.7 Å². The van der Waals surface area contributed by atoms with Crippen molar-refractivity contribution < 1.29 is 32.7 Å². The van der Waals surface area contributed by atoms with Gasteiger partial charge in [-0.05, 0) is 49.9 Å². The van der Waals surface area contributed by atoms with E-state index in [9.17, 15) is 5.26 Å². The van der Waals surface area contributed by atoms with E-state index >= 15 is 0 Å². The van der Waals surface area contributed by atoms with Crippen LogP contribution in [0.15, 0.2) is 121 Å². The van der Waals surface area contributed by atoms with Crippen LogP contribution in [0.5, 0.6) is 0 Å². The molecule has 0 N–H and O–H groups in total. The van der Waals surface area contributed by atoms with Crippen molar-refractivity contribution in [3.8, 4) is 6.07 Å². The number of nitrogens with zero attached hydrogens (tertiary/aromatic N) is 2. The van der Waals surface area contributed by atoms with Gasteiger partial charge in [0, 0.05) is 12.1 Å². The second-order valence-corrected chi connectivity index (χ2v) is 14.9. The van der Waals surface area contributed by atoms with Crippen LogP contribution in [0.3, 0.4) is 0 Å². The van der Waals surface area contributed by atoms with Gasteiger partial charge < -0.3 is 28.2 Å². The molecule has 1 unspecified atom stereocenters. The van der Waals surface area contributed by atoms with Crippen LogP contribution in [-0.2, 0) is 59.2 Å². The molecule has 0 spiro atoms. The van der Waals surface area contributed by atoms with E-state index in [1.54, 1.807) is 0 Å². The Morgan fingerprint density at radius 1 is 0.623 bits per heavy atom. The third-order valence-corrected chi connectivity index (χ3v) is 10.8. The molecule has 4 aromatic rings. The van der Waals surface area contributed by atoms with Crippen molar-refractivity contribution in [1.29, 1.82) is 5.26 Å². The lowest BCUT2D eigenvalue weighted by Gasteiger charge is -2.47. The maximum Gasteiger partial charge on any atom is 0.261 e. The Morgan fingerprint density at radius 3 is 1.51 bits per heavy atom. The molecular weight excluding hydrogens is 687 g/mol. The number of hydrogen-bond acceptors (Lipinski definition) is 9. The first-order chi connectivity index (χ1) is 25.9. The van der Waals surface area contributed by atoms with E-state index in [2.05, 4.69) is 38.4 Å². The molecule has 0 saturated carbocycles. The first kappa shape index (κ1) is 40.7. The van der Waals surface area contributed by atoms with Crippen LogP contribution < -0.4 is 0 Å². The molecule has 6 atom stereocenters. The van der Waals surface area contributed by atoms with E-state index < -0.39 is 39.2 Å². The fourth-order valence-electron chi connectivity index (χ4n) is 6.22. The van der Waals surface area contributed by atoms with Gasteiger partial charge in [-0.25, -0.2) is 4.67 Å². The zero-order valence-electron chi connectivity index (χ0n) is 31.2. The zero-order valence-corrected chi connectivity index (χ0v) is 32.1. The molecule has 1 heterocycles. The Morgan fingerprint density at radius 2 is 1.06 bits per heavy atom. The number of benzene rings is 4. The second kappa shape index (κ2) is 22.0. The normalized spacial score (nSPS) is 20.8. The zero-order chi connectivity index (χ0) is 37.3. The summed E-state index contributed by atoms with van der Waals surface area (Å²) >= 11 is 0. The molecule has 282 valence electrons. The van der Waals surface area contributed by atoms with Crippen molar-refractivity contribution >= 4 is 8.53 Å². The summed E-state index contributed by atoms with van der Waals surface area (Å²) in [4.78, 5) is 0. The quantitative estimate of drug-likeness (QED) is 0.0613. The largest absolute Gasteiger partial charge is 0.374 e. The number of nitriles is 1. The first-order valence-corrected chi connectivity index (χ1v) is 19.5. The minimum absolute atomic E-state index is 0.0903. The fraction of sp³-hybridized carbons (Fsp3) is 0.419. The molecule has 1 aliphatic rings. The summed E-state index contributed by atoms with van der Waals surface area (Å²) in [5.41, 5.74) is 4.10. The molecular formula is C43H53N2O7P. The average Bonchev–Trinajstić information content (AvgIpc) is 3.17. The Kier molecular flexibility index (Phi) is 16.9. The third-order valence-electron chi connectivity index (χ3n) is 8.70. The van der Waals surface area contributed by atoms with E-state index in [-0.39, 0.29) is 31.7 Å². The van der Waals surface area contributed by atoms with Gasteiger partial charge >= 0.3 is 0 Å². The number of rotatable bonds is 21. The fourth-order valence-corrected chi connectivity index (χ4v) is 7.87. The molecule has 9 nitrogen and oxygen atoms in total. The predicted octanol–water partition coefficient (Wildman–Crippen LogP) is 8.98. The van der Waals surface area contributed by atoms with Crippen molar-refractivity contribution in [2.75, 3.05) is 13.2 Å². The SMILES string of the molecule is CC(C)N(C(C)C)P(OCCC#N)O[C@H]1O[C@H](COCc2ccccc2)[C@@H](OCc2ccccc2)[C@H](OCc2ccccc2)[C@H]1OCc1ccccc1. The van der Waals surface area contributed by atoms with Crippen LogP contribution in [0.4, 0.5) is 0 Å². The molecule has 0 amide bonds. The first-order valence-electron chi connectivity index (χ1n) is 18.4. The van der Waals surface area contributed by atoms with Crippen LogP contribution in [0, 0.1) is 11.3 Å².